The summed E-state index contributed by atoms with van der Waals surface area (Å²) >= 11 is 0. The third kappa shape index (κ3) is 2.99. The zero-order chi connectivity index (χ0) is 15.7. The van der Waals surface area contributed by atoms with Gasteiger partial charge in [-0.15, -0.1) is 0 Å². The lowest BCUT2D eigenvalue weighted by molar-refractivity contribution is -0.124. The van der Waals surface area contributed by atoms with Crippen molar-refractivity contribution in [2.45, 2.75) is 24.9 Å². The minimum Gasteiger partial charge on any atom is -0.434 e. The van der Waals surface area contributed by atoms with Gasteiger partial charge in [0.25, 0.3) is 5.91 Å². The van der Waals surface area contributed by atoms with Crippen LogP contribution in [0.15, 0.2) is 24.3 Å². The first-order chi connectivity index (χ1) is 10.5. The van der Waals surface area contributed by atoms with Gasteiger partial charge in [0.2, 0.25) is 0 Å². The summed E-state index contributed by atoms with van der Waals surface area (Å²) < 4.78 is 16.3. The first-order valence-electron chi connectivity index (χ1n) is 7.27. The molecule has 22 heavy (non-hydrogen) atoms. The number of primary amides is 1. The van der Waals surface area contributed by atoms with Crippen LogP contribution in [0.25, 0.3) is 0 Å². The number of anilines is 1. The molecule has 1 aromatic carbocycles. The molecule has 0 bridgehead atoms. The van der Waals surface area contributed by atoms with Crippen LogP contribution in [0.3, 0.4) is 0 Å². The number of nitrogens with two attached hydrogens (primary N) is 1. The van der Waals surface area contributed by atoms with Gasteiger partial charge in [0.1, 0.15) is 0 Å². The van der Waals surface area contributed by atoms with E-state index in [2.05, 4.69) is 0 Å². The number of hydrogen-bond acceptors (Lipinski definition) is 4. The highest BCUT2D eigenvalue weighted by atomic mass is 32.2. The lowest BCUT2D eigenvalue weighted by Gasteiger charge is -2.22. The molecule has 2 amide bonds. The Balaban J connectivity index is 1.70. The van der Waals surface area contributed by atoms with Crippen LogP contribution < -0.4 is 10.6 Å². The van der Waals surface area contributed by atoms with Gasteiger partial charge < -0.3 is 10.5 Å². The Morgan fingerprint density at radius 2 is 1.86 bits per heavy atom. The average molecular weight is 322 g/mol. The topological polar surface area (TPSA) is 89.7 Å². The normalized spacial score (nSPS) is 28.5. The molecule has 2 fully saturated rings. The van der Waals surface area contributed by atoms with E-state index in [-0.39, 0.29) is 6.54 Å². The molecular weight excluding hydrogens is 304 g/mol. The minimum atomic E-state index is -0.888. The Hall–Kier alpha value is -1.89. The van der Waals surface area contributed by atoms with Crippen molar-refractivity contribution in [1.29, 1.82) is 0 Å². The quantitative estimate of drug-likeness (QED) is 0.903. The predicted molar refractivity (Wildman–Crippen MR) is 83.1 cm³/mol. The van der Waals surface area contributed by atoms with Crippen LogP contribution >= 0.6 is 0 Å². The Labute approximate surface area is 131 Å². The van der Waals surface area contributed by atoms with Crippen LogP contribution in [0, 0.1) is 0 Å². The molecule has 3 rings (SSSR count). The number of ether oxygens (including phenoxy) is 1. The van der Waals surface area contributed by atoms with E-state index < -0.39 is 28.9 Å². The molecule has 1 aromatic rings. The van der Waals surface area contributed by atoms with Crippen molar-refractivity contribution in [3.05, 3.63) is 29.8 Å². The lowest BCUT2D eigenvalue weighted by Crippen LogP contribution is -2.32. The monoisotopic (exact) mass is 322 g/mol. The Bertz CT molecular complexity index is 606. The summed E-state index contributed by atoms with van der Waals surface area (Å²) in [5.74, 6) is 1.30. The number of amides is 2. The zero-order valence-electron chi connectivity index (χ0n) is 12.1. The molecule has 2 aliphatic heterocycles. The van der Waals surface area contributed by atoms with Gasteiger partial charge in [-0.1, -0.05) is 12.1 Å². The van der Waals surface area contributed by atoms with Gasteiger partial charge in [-0.25, -0.2) is 4.79 Å². The molecule has 1 unspecified atom stereocenters. The van der Waals surface area contributed by atoms with E-state index >= 15 is 0 Å². The first-order valence-corrected chi connectivity index (χ1v) is 8.76. The molecule has 0 aromatic heterocycles. The number of benzene rings is 1. The van der Waals surface area contributed by atoms with Crippen molar-refractivity contribution < 1.29 is 18.5 Å². The van der Waals surface area contributed by atoms with Crippen LogP contribution in [0.2, 0.25) is 0 Å². The third-order valence-electron chi connectivity index (χ3n) is 4.19. The van der Waals surface area contributed by atoms with Crippen molar-refractivity contribution in [3.8, 4) is 0 Å². The van der Waals surface area contributed by atoms with E-state index in [1.54, 1.807) is 0 Å². The number of nitrogens with zero attached hydrogens (tertiary/aromatic N) is 1. The van der Waals surface area contributed by atoms with E-state index in [1.807, 2.05) is 24.3 Å². The van der Waals surface area contributed by atoms with Crippen molar-refractivity contribution in [1.82, 2.24) is 0 Å². The fourth-order valence-electron chi connectivity index (χ4n) is 2.88. The largest absolute Gasteiger partial charge is 0.434 e. The molecule has 0 spiro atoms. The number of carbonyl (C=O) groups is 2. The molecule has 0 aliphatic carbocycles. The van der Waals surface area contributed by atoms with Crippen LogP contribution in [-0.4, -0.2) is 40.4 Å². The summed E-state index contributed by atoms with van der Waals surface area (Å²) in [7, 11) is -0.667. The lowest BCUT2D eigenvalue weighted by atomic mass is 9.93. The van der Waals surface area contributed by atoms with Crippen LogP contribution in [0.4, 0.5) is 10.5 Å². The van der Waals surface area contributed by atoms with E-state index in [0.717, 1.165) is 24.3 Å². The Morgan fingerprint density at radius 3 is 2.41 bits per heavy atom. The summed E-state index contributed by atoms with van der Waals surface area (Å²) in [5, 5.41) is 0. The van der Waals surface area contributed by atoms with Crippen LogP contribution in [-0.2, 0) is 20.3 Å². The van der Waals surface area contributed by atoms with Crippen molar-refractivity contribution >= 4 is 28.5 Å². The number of carbonyl (C=O) groups excluding carboxylic acids is 2. The molecular formula is C15H18N2O4S. The Morgan fingerprint density at radius 1 is 1.23 bits per heavy atom. The molecule has 2 saturated heterocycles. The van der Waals surface area contributed by atoms with Gasteiger partial charge >= 0.3 is 6.09 Å². The second-order valence-electron chi connectivity index (χ2n) is 5.60. The molecule has 2 aliphatic rings. The number of rotatable bonds is 3. The Kier molecular flexibility index (Phi) is 4.15. The molecule has 7 heteroatoms. The zero-order valence-corrected chi connectivity index (χ0v) is 12.9. The van der Waals surface area contributed by atoms with E-state index in [4.69, 9.17) is 10.5 Å². The highest BCUT2D eigenvalue weighted by Gasteiger charge is 2.35. The number of cyclic esters (lactones) is 1. The van der Waals surface area contributed by atoms with Gasteiger partial charge in [-0.2, -0.15) is 0 Å². The number of hydrogen-bond donors (Lipinski definition) is 1. The summed E-state index contributed by atoms with van der Waals surface area (Å²) in [6.07, 6.45) is 0.424. The third-order valence-corrected chi connectivity index (χ3v) is 5.58. The standard InChI is InChI=1S/C15H18N2O4S/c16-14(18)13-9-17(15(19)21-13)12-3-1-10(2-4-12)11-5-7-22(20)8-6-11/h1-4,11,13H,5-9H2,(H2,16,18). The van der Waals surface area contributed by atoms with Gasteiger partial charge in [0.05, 0.1) is 6.54 Å². The van der Waals surface area contributed by atoms with Gasteiger partial charge in [-0.05, 0) is 36.5 Å². The highest BCUT2D eigenvalue weighted by molar-refractivity contribution is 7.85. The molecule has 118 valence electrons. The van der Waals surface area contributed by atoms with Crippen molar-refractivity contribution in [2.24, 2.45) is 5.73 Å². The van der Waals surface area contributed by atoms with Gasteiger partial charge in [0, 0.05) is 28.0 Å². The second-order valence-corrected chi connectivity index (χ2v) is 7.30. The second kappa shape index (κ2) is 6.08. The maximum Gasteiger partial charge on any atom is 0.415 e. The van der Waals surface area contributed by atoms with Gasteiger partial charge in [-0.3, -0.25) is 13.9 Å². The molecule has 1 atom stereocenters. The fraction of sp³-hybridized carbons (Fsp3) is 0.467. The van der Waals surface area contributed by atoms with Crippen LogP contribution in [0.1, 0.15) is 24.3 Å². The fourth-order valence-corrected chi connectivity index (χ4v) is 4.17. The predicted octanol–water partition coefficient (Wildman–Crippen LogP) is 1.12. The highest BCUT2D eigenvalue weighted by Crippen LogP contribution is 2.30. The minimum absolute atomic E-state index is 0.149. The summed E-state index contributed by atoms with van der Waals surface area (Å²) in [5.41, 5.74) is 7.05. The van der Waals surface area contributed by atoms with Crippen LogP contribution in [0.5, 0.6) is 0 Å². The molecule has 2 heterocycles. The maximum atomic E-state index is 11.8. The van der Waals surface area contributed by atoms with E-state index in [0.29, 0.717) is 11.6 Å². The SMILES string of the molecule is NC(=O)C1CN(c2ccc(C3CCS(=O)CC3)cc2)C(=O)O1. The molecule has 6 nitrogen and oxygen atoms in total. The van der Waals surface area contributed by atoms with Crippen molar-refractivity contribution in [2.75, 3.05) is 23.0 Å². The van der Waals surface area contributed by atoms with E-state index in [1.165, 1.54) is 10.5 Å². The first kappa shape index (κ1) is 15.0. The maximum absolute atomic E-state index is 11.8. The smallest absolute Gasteiger partial charge is 0.415 e. The summed E-state index contributed by atoms with van der Waals surface area (Å²) in [6.45, 7) is 0.149. The summed E-state index contributed by atoms with van der Waals surface area (Å²) in [6, 6.07) is 7.68. The van der Waals surface area contributed by atoms with Gasteiger partial charge in [0.15, 0.2) is 6.10 Å². The molecule has 2 N–H and O–H groups in total. The van der Waals surface area contributed by atoms with E-state index in [9.17, 15) is 13.8 Å². The average Bonchev–Trinajstić information content (AvgIpc) is 2.91. The summed E-state index contributed by atoms with van der Waals surface area (Å²) in [4.78, 5) is 24.3. The van der Waals surface area contributed by atoms with Crippen molar-refractivity contribution in [3.63, 3.8) is 0 Å². The molecule has 0 saturated carbocycles. The molecule has 0 radical (unpaired) electrons.